The van der Waals surface area contributed by atoms with E-state index in [2.05, 4.69) is 4.72 Å². The van der Waals surface area contributed by atoms with Crippen molar-refractivity contribution in [2.45, 2.75) is 24.1 Å². The first-order valence-corrected chi connectivity index (χ1v) is 8.17. The molecule has 0 aliphatic rings. The summed E-state index contributed by atoms with van der Waals surface area (Å²) < 4.78 is 27.0. The highest BCUT2D eigenvalue weighted by Crippen LogP contribution is 2.22. The number of thiophene rings is 1. The Morgan fingerprint density at radius 3 is 2.42 bits per heavy atom. The molecule has 1 aromatic heterocycles. The van der Waals surface area contributed by atoms with Gasteiger partial charge in [-0.05, 0) is 36.2 Å². The van der Waals surface area contributed by atoms with E-state index < -0.39 is 10.0 Å². The molecule has 2 aromatic rings. The smallest absolute Gasteiger partial charge is 0.250 e. The second-order valence-corrected chi connectivity index (χ2v) is 7.23. The van der Waals surface area contributed by atoms with Gasteiger partial charge in [-0.1, -0.05) is 19.1 Å². The standard InChI is InChI=1S/C13H15NO3S2/c1-2-12-7-8-13(18-12)19(16,17)14-9-10-3-5-11(15)6-4-10/h3-8,14-15H,2,9H2,1H3. The molecule has 0 fully saturated rings. The van der Waals surface area contributed by atoms with E-state index in [0.29, 0.717) is 4.21 Å². The lowest BCUT2D eigenvalue weighted by atomic mass is 10.2. The fourth-order valence-corrected chi connectivity index (χ4v) is 3.91. The summed E-state index contributed by atoms with van der Waals surface area (Å²) in [5.41, 5.74) is 0.800. The third kappa shape index (κ3) is 3.56. The summed E-state index contributed by atoms with van der Waals surface area (Å²) in [6.45, 7) is 2.20. The number of hydrogen-bond acceptors (Lipinski definition) is 4. The topological polar surface area (TPSA) is 66.4 Å². The second kappa shape index (κ2) is 5.73. The first-order chi connectivity index (χ1) is 9.01. The SMILES string of the molecule is CCc1ccc(S(=O)(=O)NCc2ccc(O)cc2)s1. The number of aryl methyl sites for hydroxylation is 1. The van der Waals surface area contributed by atoms with Gasteiger partial charge in [0.1, 0.15) is 9.96 Å². The molecule has 0 radical (unpaired) electrons. The fraction of sp³-hybridized carbons (Fsp3) is 0.231. The molecule has 0 bridgehead atoms. The van der Waals surface area contributed by atoms with Crippen molar-refractivity contribution in [1.29, 1.82) is 0 Å². The van der Waals surface area contributed by atoms with Gasteiger partial charge in [-0.3, -0.25) is 0 Å². The number of rotatable bonds is 5. The molecule has 2 rings (SSSR count). The van der Waals surface area contributed by atoms with Crippen LogP contribution in [0.2, 0.25) is 0 Å². The average molecular weight is 297 g/mol. The average Bonchev–Trinajstić information content (AvgIpc) is 2.88. The molecule has 0 aliphatic carbocycles. The van der Waals surface area contributed by atoms with Gasteiger partial charge < -0.3 is 5.11 Å². The van der Waals surface area contributed by atoms with E-state index >= 15 is 0 Å². The van der Waals surface area contributed by atoms with Crippen LogP contribution in [0.3, 0.4) is 0 Å². The van der Waals surface area contributed by atoms with E-state index in [1.165, 1.54) is 23.5 Å². The molecule has 4 nitrogen and oxygen atoms in total. The lowest BCUT2D eigenvalue weighted by molar-refractivity contribution is 0.475. The number of benzene rings is 1. The number of phenols is 1. The van der Waals surface area contributed by atoms with Gasteiger partial charge in [-0.15, -0.1) is 11.3 Å². The van der Waals surface area contributed by atoms with E-state index in [0.717, 1.165) is 16.9 Å². The van der Waals surface area contributed by atoms with Crippen molar-refractivity contribution in [3.05, 3.63) is 46.8 Å². The normalized spacial score (nSPS) is 11.6. The summed E-state index contributed by atoms with van der Waals surface area (Å²) in [6, 6.07) is 9.89. The summed E-state index contributed by atoms with van der Waals surface area (Å²) in [6.07, 6.45) is 0.831. The quantitative estimate of drug-likeness (QED) is 0.891. The van der Waals surface area contributed by atoms with Crippen molar-refractivity contribution in [2.75, 3.05) is 0 Å². The number of aromatic hydroxyl groups is 1. The van der Waals surface area contributed by atoms with Gasteiger partial charge >= 0.3 is 0 Å². The van der Waals surface area contributed by atoms with Gasteiger partial charge in [0.05, 0.1) is 0 Å². The molecule has 6 heteroatoms. The highest BCUT2D eigenvalue weighted by Gasteiger charge is 2.15. The molecule has 1 aromatic carbocycles. The monoisotopic (exact) mass is 297 g/mol. The Morgan fingerprint density at radius 2 is 1.84 bits per heavy atom. The minimum Gasteiger partial charge on any atom is -0.508 e. The fourth-order valence-electron chi connectivity index (χ4n) is 1.56. The number of phenolic OH excluding ortho intramolecular Hbond substituents is 1. The Hall–Kier alpha value is -1.37. The van der Waals surface area contributed by atoms with Gasteiger partial charge in [-0.2, -0.15) is 0 Å². The van der Waals surface area contributed by atoms with Gasteiger partial charge in [0.15, 0.2) is 0 Å². The molecule has 0 spiro atoms. The third-order valence-corrected chi connectivity index (χ3v) is 5.78. The van der Waals surface area contributed by atoms with Crippen LogP contribution in [0.5, 0.6) is 5.75 Å². The molecule has 0 unspecified atom stereocenters. The van der Waals surface area contributed by atoms with Gasteiger partial charge in [0.25, 0.3) is 0 Å². The zero-order chi connectivity index (χ0) is 13.9. The van der Waals surface area contributed by atoms with Crippen LogP contribution in [-0.4, -0.2) is 13.5 Å². The maximum absolute atomic E-state index is 12.1. The van der Waals surface area contributed by atoms with E-state index in [1.807, 2.05) is 13.0 Å². The van der Waals surface area contributed by atoms with Crippen LogP contribution >= 0.6 is 11.3 Å². The van der Waals surface area contributed by atoms with Crippen LogP contribution in [-0.2, 0) is 23.0 Å². The van der Waals surface area contributed by atoms with Crippen molar-refractivity contribution in [3.63, 3.8) is 0 Å². The summed E-state index contributed by atoms with van der Waals surface area (Å²) >= 11 is 1.29. The van der Waals surface area contributed by atoms with Crippen LogP contribution in [0.25, 0.3) is 0 Å². The molecule has 0 amide bonds. The number of nitrogens with one attached hydrogen (secondary N) is 1. The van der Waals surface area contributed by atoms with Crippen LogP contribution < -0.4 is 4.72 Å². The Balaban J connectivity index is 2.07. The number of hydrogen-bond donors (Lipinski definition) is 2. The summed E-state index contributed by atoms with van der Waals surface area (Å²) in [7, 11) is -3.45. The molecular formula is C13H15NO3S2. The Morgan fingerprint density at radius 1 is 1.16 bits per heavy atom. The Kier molecular flexibility index (Phi) is 4.24. The van der Waals surface area contributed by atoms with Gasteiger partial charge in [-0.25, -0.2) is 13.1 Å². The molecule has 0 atom stereocenters. The predicted molar refractivity (Wildman–Crippen MR) is 75.8 cm³/mol. The van der Waals surface area contributed by atoms with E-state index in [1.54, 1.807) is 18.2 Å². The Labute approximate surface area is 116 Å². The van der Waals surface area contributed by atoms with E-state index in [-0.39, 0.29) is 12.3 Å². The van der Waals surface area contributed by atoms with Crippen molar-refractivity contribution >= 4 is 21.4 Å². The largest absolute Gasteiger partial charge is 0.508 e. The Bertz CT molecular complexity index is 645. The van der Waals surface area contributed by atoms with Crippen molar-refractivity contribution < 1.29 is 13.5 Å². The molecule has 0 saturated heterocycles. The molecule has 2 N–H and O–H groups in total. The van der Waals surface area contributed by atoms with E-state index in [4.69, 9.17) is 5.11 Å². The van der Waals surface area contributed by atoms with Crippen LogP contribution in [0.15, 0.2) is 40.6 Å². The van der Waals surface area contributed by atoms with E-state index in [9.17, 15) is 8.42 Å². The second-order valence-electron chi connectivity index (χ2n) is 4.07. The van der Waals surface area contributed by atoms with Gasteiger partial charge in [0, 0.05) is 11.4 Å². The zero-order valence-electron chi connectivity index (χ0n) is 10.5. The molecule has 0 aliphatic heterocycles. The number of sulfonamides is 1. The first kappa shape index (κ1) is 14.0. The molecule has 1 heterocycles. The van der Waals surface area contributed by atoms with Crippen LogP contribution in [0.4, 0.5) is 0 Å². The molecular weight excluding hydrogens is 282 g/mol. The highest BCUT2D eigenvalue weighted by molar-refractivity contribution is 7.91. The van der Waals surface area contributed by atoms with Crippen molar-refractivity contribution in [1.82, 2.24) is 4.72 Å². The predicted octanol–water partition coefficient (Wildman–Crippen LogP) is 2.49. The highest BCUT2D eigenvalue weighted by atomic mass is 32.2. The van der Waals surface area contributed by atoms with Crippen molar-refractivity contribution in [3.8, 4) is 5.75 Å². The lowest BCUT2D eigenvalue weighted by Crippen LogP contribution is -2.22. The molecule has 0 saturated carbocycles. The summed E-state index contributed by atoms with van der Waals surface area (Å²) in [5, 5.41) is 9.16. The summed E-state index contributed by atoms with van der Waals surface area (Å²) in [5.74, 6) is 0.164. The summed E-state index contributed by atoms with van der Waals surface area (Å²) in [4.78, 5) is 1.05. The maximum Gasteiger partial charge on any atom is 0.250 e. The zero-order valence-corrected chi connectivity index (χ0v) is 12.1. The van der Waals surface area contributed by atoms with Crippen molar-refractivity contribution in [2.24, 2.45) is 0 Å². The lowest BCUT2D eigenvalue weighted by Gasteiger charge is -2.05. The maximum atomic E-state index is 12.1. The van der Waals surface area contributed by atoms with Crippen LogP contribution in [0, 0.1) is 0 Å². The minimum absolute atomic E-state index is 0.164. The molecule has 19 heavy (non-hydrogen) atoms. The first-order valence-electron chi connectivity index (χ1n) is 5.87. The third-order valence-electron chi connectivity index (χ3n) is 2.65. The molecule has 102 valence electrons. The van der Waals surface area contributed by atoms with Crippen LogP contribution in [0.1, 0.15) is 17.4 Å². The minimum atomic E-state index is -3.45. The van der Waals surface area contributed by atoms with Gasteiger partial charge in [0.2, 0.25) is 10.0 Å².